The Morgan fingerprint density at radius 3 is 2.67 bits per heavy atom. The van der Waals surface area contributed by atoms with Gasteiger partial charge >= 0.3 is 0 Å². The van der Waals surface area contributed by atoms with E-state index in [9.17, 15) is 4.79 Å². The van der Waals surface area contributed by atoms with Crippen molar-refractivity contribution in [2.24, 2.45) is 11.8 Å². The highest BCUT2D eigenvalue weighted by Gasteiger charge is 2.34. The summed E-state index contributed by atoms with van der Waals surface area (Å²) in [5, 5.41) is 0. The number of hydrogen-bond donors (Lipinski definition) is 0. The zero-order valence-corrected chi connectivity index (χ0v) is 7.46. The van der Waals surface area contributed by atoms with Crippen molar-refractivity contribution in [3.8, 4) is 0 Å². The molecule has 2 nitrogen and oxygen atoms in total. The first-order valence-corrected chi connectivity index (χ1v) is 4.89. The predicted octanol–water partition coefficient (Wildman–Crippen LogP) is 1.47. The Hall–Kier alpha value is -0.530. The molecule has 2 aliphatic rings. The molecule has 1 amide bonds. The third kappa shape index (κ3) is 1.62. The van der Waals surface area contributed by atoms with Crippen molar-refractivity contribution in [1.29, 1.82) is 0 Å². The van der Waals surface area contributed by atoms with Crippen molar-refractivity contribution >= 4 is 5.91 Å². The fourth-order valence-corrected chi connectivity index (χ4v) is 1.85. The van der Waals surface area contributed by atoms with Crippen molar-refractivity contribution < 1.29 is 4.79 Å². The van der Waals surface area contributed by atoms with Crippen LogP contribution in [0.5, 0.6) is 0 Å². The van der Waals surface area contributed by atoms with Crippen LogP contribution in [0.25, 0.3) is 0 Å². The second-order valence-electron chi connectivity index (χ2n) is 4.07. The molecule has 1 aliphatic carbocycles. The van der Waals surface area contributed by atoms with E-state index in [0.29, 0.717) is 17.7 Å². The number of carbonyl (C=O) groups is 1. The molecule has 2 heteroatoms. The molecule has 1 saturated heterocycles. The second kappa shape index (κ2) is 3.08. The van der Waals surface area contributed by atoms with Gasteiger partial charge in [0.15, 0.2) is 0 Å². The summed E-state index contributed by atoms with van der Waals surface area (Å²) in [6.45, 7) is 5.89. The van der Waals surface area contributed by atoms with Crippen LogP contribution in [0, 0.1) is 18.8 Å². The van der Waals surface area contributed by atoms with Gasteiger partial charge in [0.2, 0.25) is 5.91 Å². The van der Waals surface area contributed by atoms with Crippen LogP contribution in [0.3, 0.4) is 0 Å². The lowest BCUT2D eigenvalue weighted by atomic mass is 10.00. The Labute approximate surface area is 73.9 Å². The fourth-order valence-electron chi connectivity index (χ4n) is 1.85. The van der Waals surface area contributed by atoms with Crippen molar-refractivity contribution in [2.75, 3.05) is 13.1 Å². The van der Waals surface area contributed by atoms with Crippen molar-refractivity contribution in [1.82, 2.24) is 4.90 Å². The van der Waals surface area contributed by atoms with E-state index in [-0.39, 0.29) is 0 Å². The maximum atomic E-state index is 11.6. The van der Waals surface area contributed by atoms with E-state index < -0.39 is 0 Å². The molecule has 0 spiro atoms. The Balaban J connectivity index is 1.89. The van der Waals surface area contributed by atoms with Crippen LogP contribution in [-0.2, 0) is 4.79 Å². The van der Waals surface area contributed by atoms with Crippen LogP contribution >= 0.6 is 0 Å². The number of piperidine rings is 1. The molecule has 0 aromatic heterocycles. The maximum absolute atomic E-state index is 11.6. The highest BCUT2D eigenvalue weighted by atomic mass is 16.2. The molecule has 2 rings (SSSR count). The van der Waals surface area contributed by atoms with Gasteiger partial charge in [-0.1, -0.05) is 0 Å². The monoisotopic (exact) mass is 166 g/mol. The topological polar surface area (TPSA) is 20.3 Å². The number of amides is 1. The first kappa shape index (κ1) is 8.09. The number of rotatable bonds is 1. The minimum atomic E-state index is 0.385. The summed E-state index contributed by atoms with van der Waals surface area (Å²) >= 11 is 0. The molecule has 1 saturated carbocycles. The molecular formula is C10H16NO. The van der Waals surface area contributed by atoms with E-state index in [2.05, 4.69) is 6.92 Å². The third-order valence-corrected chi connectivity index (χ3v) is 2.76. The molecule has 1 radical (unpaired) electrons. The van der Waals surface area contributed by atoms with Gasteiger partial charge < -0.3 is 4.90 Å². The van der Waals surface area contributed by atoms with E-state index in [0.717, 1.165) is 32.4 Å². The molecule has 1 unspecified atom stereocenters. The lowest BCUT2D eigenvalue weighted by Gasteiger charge is -2.30. The minimum Gasteiger partial charge on any atom is -0.342 e. The van der Waals surface area contributed by atoms with Crippen LogP contribution in [0.2, 0.25) is 0 Å². The molecular weight excluding hydrogens is 150 g/mol. The standard InChI is InChI=1S/C10H16NO/c1-8-3-2-6-11(7-8)10(12)9-4-5-9/h8-9H,1-7H2. The van der Waals surface area contributed by atoms with Crippen LogP contribution in [0.15, 0.2) is 0 Å². The smallest absolute Gasteiger partial charge is 0.225 e. The molecule has 0 aromatic rings. The van der Waals surface area contributed by atoms with Gasteiger partial charge in [-0.3, -0.25) is 4.79 Å². The lowest BCUT2D eigenvalue weighted by molar-refractivity contribution is -0.134. The van der Waals surface area contributed by atoms with Gasteiger partial charge in [-0.2, -0.15) is 0 Å². The van der Waals surface area contributed by atoms with E-state index in [1.807, 2.05) is 4.90 Å². The average molecular weight is 166 g/mol. The summed E-state index contributed by atoms with van der Waals surface area (Å²) in [4.78, 5) is 13.6. The van der Waals surface area contributed by atoms with Crippen LogP contribution in [-0.4, -0.2) is 23.9 Å². The third-order valence-electron chi connectivity index (χ3n) is 2.76. The zero-order chi connectivity index (χ0) is 8.55. The molecule has 0 N–H and O–H groups in total. The molecule has 0 aromatic carbocycles. The molecule has 1 aliphatic heterocycles. The van der Waals surface area contributed by atoms with Gasteiger partial charge in [-0.15, -0.1) is 0 Å². The Bertz CT molecular complexity index is 186. The molecule has 12 heavy (non-hydrogen) atoms. The summed E-state index contributed by atoms with van der Waals surface area (Å²) < 4.78 is 0. The van der Waals surface area contributed by atoms with E-state index in [1.165, 1.54) is 6.42 Å². The molecule has 2 fully saturated rings. The quantitative estimate of drug-likeness (QED) is 0.577. The van der Waals surface area contributed by atoms with E-state index in [4.69, 9.17) is 0 Å². The highest BCUT2D eigenvalue weighted by Crippen LogP contribution is 2.32. The minimum absolute atomic E-state index is 0.385. The average Bonchev–Trinajstić information content (AvgIpc) is 2.85. The first-order chi connectivity index (χ1) is 5.77. The number of hydrogen-bond acceptors (Lipinski definition) is 1. The van der Waals surface area contributed by atoms with Crippen LogP contribution in [0.4, 0.5) is 0 Å². The molecule has 1 atom stereocenters. The Morgan fingerprint density at radius 1 is 1.33 bits per heavy atom. The SMILES string of the molecule is [CH2]C1CCCN(C(=O)C2CC2)C1. The predicted molar refractivity (Wildman–Crippen MR) is 47.4 cm³/mol. The van der Waals surface area contributed by atoms with Gasteiger partial charge in [0.25, 0.3) is 0 Å². The van der Waals surface area contributed by atoms with Gasteiger partial charge in [0.05, 0.1) is 0 Å². The summed E-state index contributed by atoms with van der Waals surface area (Å²) in [6, 6.07) is 0. The number of carbonyl (C=O) groups excluding carboxylic acids is 1. The van der Waals surface area contributed by atoms with Gasteiger partial charge in [0, 0.05) is 19.0 Å². The van der Waals surface area contributed by atoms with Crippen molar-refractivity contribution in [2.45, 2.75) is 25.7 Å². The Kier molecular flexibility index (Phi) is 2.07. The first-order valence-electron chi connectivity index (χ1n) is 4.89. The number of likely N-dealkylation sites (tertiary alicyclic amines) is 1. The van der Waals surface area contributed by atoms with E-state index in [1.54, 1.807) is 0 Å². The van der Waals surface area contributed by atoms with Gasteiger partial charge in [0.1, 0.15) is 0 Å². The largest absolute Gasteiger partial charge is 0.342 e. The summed E-state index contributed by atoms with van der Waals surface area (Å²) in [7, 11) is 0. The van der Waals surface area contributed by atoms with Crippen molar-refractivity contribution in [3.63, 3.8) is 0 Å². The van der Waals surface area contributed by atoms with Crippen LogP contribution in [0.1, 0.15) is 25.7 Å². The summed E-state index contributed by atoms with van der Waals surface area (Å²) in [5.74, 6) is 1.25. The normalized spacial score (nSPS) is 30.4. The lowest BCUT2D eigenvalue weighted by Crippen LogP contribution is -2.39. The molecule has 1 heterocycles. The van der Waals surface area contributed by atoms with Gasteiger partial charge in [-0.25, -0.2) is 0 Å². The number of nitrogens with zero attached hydrogens (tertiary/aromatic N) is 1. The molecule has 0 bridgehead atoms. The fraction of sp³-hybridized carbons (Fsp3) is 0.800. The Morgan fingerprint density at radius 2 is 2.08 bits per heavy atom. The molecule has 67 valence electrons. The van der Waals surface area contributed by atoms with Crippen molar-refractivity contribution in [3.05, 3.63) is 6.92 Å². The van der Waals surface area contributed by atoms with E-state index >= 15 is 0 Å². The second-order valence-corrected chi connectivity index (χ2v) is 4.07. The highest BCUT2D eigenvalue weighted by molar-refractivity contribution is 5.81. The van der Waals surface area contributed by atoms with Crippen LogP contribution < -0.4 is 0 Å². The maximum Gasteiger partial charge on any atom is 0.225 e. The van der Waals surface area contributed by atoms with Gasteiger partial charge in [-0.05, 0) is 38.5 Å². The summed E-state index contributed by atoms with van der Waals surface area (Å²) in [6.07, 6.45) is 4.58. The zero-order valence-electron chi connectivity index (χ0n) is 7.46. The summed E-state index contributed by atoms with van der Waals surface area (Å²) in [5.41, 5.74) is 0.